The Kier molecular flexibility index (Phi) is 6.80. The third kappa shape index (κ3) is 5.46. The Morgan fingerprint density at radius 3 is 2.11 bits per heavy atom. The second-order valence-corrected chi connectivity index (χ2v) is 8.95. The van der Waals surface area contributed by atoms with Crippen LogP contribution in [0.4, 0.5) is 14.9 Å². The van der Waals surface area contributed by atoms with Crippen molar-refractivity contribution in [3.8, 4) is 11.5 Å². The van der Waals surface area contributed by atoms with Crippen molar-refractivity contribution in [2.75, 3.05) is 11.9 Å². The number of halogens is 3. The van der Waals surface area contributed by atoms with E-state index in [-0.39, 0.29) is 11.8 Å². The third-order valence-electron chi connectivity index (χ3n) is 5.57. The van der Waals surface area contributed by atoms with Crippen LogP contribution >= 0.6 is 23.2 Å². The minimum Gasteiger partial charge on any atom is -0.457 e. The van der Waals surface area contributed by atoms with Crippen molar-refractivity contribution in [2.45, 2.75) is 0 Å². The van der Waals surface area contributed by atoms with Gasteiger partial charge in [-0.25, -0.2) is 14.2 Å². The van der Waals surface area contributed by atoms with Crippen molar-refractivity contribution >= 4 is 46.2 Å². The highest BCUT2D eigenvalue weighted by atomic mass is 35.5. The van der Waals surface area contributed by atoms with E-state index in [9.17, 15) is 9.18 Å². The van der Waals surface area contributed by atoms with Crippen LogP contribution < -0.4 is 15.5 Å². The highest BCUT2D eigenvalue weighted by Crippen LogP contribution is 2.32. The number of hydrogen-bond acceptors (Lipinski definition) is 3. The summed E-state index contributed by atoms with van der Waals surface area (Å²) in [6.45, 7) is 0.339. The summed E-state index contributed by atoms with van der Waals surface area (Å²) in [5.74, 6) is 0.539. The predicted molar refractivity (Wildman–Crippen MR) is 141 cm³/mol. The molecule has 36 heavy (non-hydrogen) atoms. The number of carbonyl (C=O) groups is 1. The van der Waals surface area contributed by atoms with Gasteiger partial charge in [-0.3, -0.25) is 5.43 Å². The highest BCUT2D eigenvalue weighted by molar-refractivity contribution is 6.31. The van der Waals surface area contributed by atoms with Crippen molar-refractivity contribution in [3.63, 3.8) is 0 Å². The van der Waals surface area contributed by atoms with Crippen molar-refractivity contribution in [1.29, 1.82) is 0 Å². The maximum Gasteiger partial charge on any atom is 0.340 e. The Labute approximate surface area is 217 Å². The number of hydrazine groups is 1. The van der Waals surface area contributed by atoms with E-state index in [0.717, 1.165) is 22.4 Å². The number of nitrogens with one attached hydrogen (secondary N) is 2. The van der Waals surface area contributed by atoms with E-state index < -0.39 is 0 Å². The predicted octanol–water partition coefficient (Wildman–Crippen LogP) is 7.85. The average molecular weight is 520 g/mol. The summed E-state index contributed by atoms with van der Waals surface area (Å²) in [4.78, 5) is 13.1. The lowest BCUT2D eigenvalue weighted by molar-refractivity contribution is 0.210. The molecule has 0 saturated heterocycles. The minimum absolute atomic E-state index is 0.329. The van der Waals surface area contributed by atoms with Crippen LogP contribution in [0.15, 0.2) is 97.1 Å². The molecule has 0 radical (unpaired) electrons. The van der Waals surface area contributed by atoms with E-state index in [4.69, 9.17) is 27.9 Å². The molecule has 0 aliphatic carbocycles. The molecule has 180 valence electrons. The third-order valence-corrected chi connectivity index (χ3v) is 6.08. The Hall–Kier alpha value is -4.00. The topological polar surface area (TPSA) is 53.6 Å². The van der Waals surface area contributed by atoms with Crippen LogP contribution in [-0.2, 0) is 0 Å². The van der Waals surface area contributed by atoms with Gasteiger partial charge in [0.2, 0.25) is 0 Å². The molecule has 0 unspecified atom stereocenters. The van der Waals surface area contributed by atoms with Crippen molar-refractivity contribution < 1.29 is 13.9 Å². The number of amides is 2. The number of hydrogen-bond donors (Lipinski definition) is 2. The van der Waals surface area contributed by atoms with Crippen LogP contribution in [0.5, 0.6) is 11.5 Å². The lowest BCUT2D eigenvalue weighted by Crippen LogP contribution is -2.40. The Balaban J connectivity index is 1.31. The zero-order valence-corrected chi connectivity index (χ0v) is 20.4. The fraction of sp³-hybridized carbons (Fsp3) is 0.0357. The molecule has 4 aromatic rings. The van der Waals surface area contributed by atoms with Crippen LogP contribution in [0.3, 0.4) is 0 Å². The molecule has 5 nitrogen and oxygen atoms in total. The SMILES string of the molecule is O=C(Nc1ccc(Oc2cccc(F)c2)cc1)N1CC(c2ccc(Cl)cc2)=C(c2ccc(Cl)cc2)N1. The quantitative estimate of drug-likeness (QED) is 0.282. The standard InChI is InChI=1S/C28H20Cl2FN3O2/c29-20-8-4-18(5-9-20)26-17-34(33-27(26)19-6-10-21(30)11-7-19)28(35)32-23-12-14-24(15-13-23)36-25-3-1-2-22(31)16-25/h1-16,33H,17H2,(H,32,35). The maximum absolute atomic E-state index is 13.4. The van der Waals surface area contributed by atoms with Gasteiger partial charge in [0.1, 0.15) is 17.3 Å². The number of anilines is 1. The van der Waals surface area contributed by atoms with E-state index in [1.807, 2.05) is 36.4 Å². The fourth-order valence-electron chi connectivity index (χ4n) is 3.81. The molecule has 0 aromatic heterocycles. The second kappa shape index (κ2) is 10.3. The molecule has 1 aliphatic rings. The summed E-state index contributed by atoms with van der Waals surface area (Å²) in [5.41, 5.74) is 7.42. The fourth-order valence-corrected chi connectivity index (χ4v) is 4.06. The molecule has 0 atom stereocenters. The first-order valence-corrected chi connectivity index (χ1v) is 11.8. The van der Waals surface area contributed by atoms with Crippen molar-refractivity contribution in [3.05, 3.63) is 124 Å². The monoisotopic (exact) mass is 519 g/mol. The van der Waals surface area contributed by atoms with Crippen LogP contribution in [0.1, 0.15) is 11.1 Å². The average Bonchev–Trinajstić information content (AvgIpc) is 3.32. The smallest absolute Gasteiger partial charge is 0.340 e. The van der Waals surface area contributed by atoms with E-state index in [1.54, 1.807) is 48.5 Å². The molecule has 2 N–H and O–H groups in total. The first kappa shape index (κ1) is 23.7. The number of carbonyl (C=O) groups excluding carboxylic acids is 1. The van der Waals surface area contributed by atoms with E-state index >= 15 is 0 Å². The lowest BCUT2D eigenvalue weighted by atomic mass is 10.0. The summed E-state index contributed by atoms with van der Waals surface area (Å²) in [7, 11) is 0. The van der Waals surface area contributed by atoms with Gasteiger partial charge in [0.25, 0.3) is 0 Å². The normalized spacial score (nSPS) is 12.9. The molecule has 1 heterocycles. The van der Waals surface area contributed by atoms with Gasteiger partial charge < -0.3 is 10.1 Å². The number of urea groups is 1. The van der Waals surface area contributed by atoms with Crippen molar-refractivity contribution in [2.24, 2.45) is 0 Å². The molecule has 5 rings (SSSR count). The van der Waals surface area contributed by atoms with Crippen LogP contribution in [0, 0.1) is 5.82 Å². The van der Waals surface area contributed by atoms with Gasteiger partial charge in [0.05, 0.1) is 12.2 Å². The lowest BCUT2D eigenvalue weighted by Gasteiger charge is -2.19. The van der Waals surface area contributed by atoms with Gasteiger partial charge in [-0.1, -0.05) is 53.5 Å². The van der Waals surface area contributed by atoms with Gasteiger partial charge >= 0.3 is 6.03 Å². The highest BCUT2D eigenvalue weighted by Gasteiger charge is 2.27. The Bertz CT molecular complexity index is 1370. The van der Waals surface area contributed by atoms with Gasteiger partial charge in [-0.05, 0) is 71.8 Å². The molecule has 1 aliphatic heterocycles. The zero-order chi connectivity index (χ0) is 25.1. The van der Waals surface area contributed by atoms with Gasteiger partial charge in [-0.15, -0.1) is 0 Å². The Morgan fingerprint density at radius 2 is 1.47 bits per heavy atom. The van der Waals surface area contributed by atoms with Gasteiger partial charge in [-0.2, -0.15) is 0 Å². The van der Waals surface area contributed by atoms with Crippen LogP contribution in [0.2, 0.25) is 10.0 Å². The number of rotatable bonds is 5. The molecule has 2 amide bonds. The van der Waals surface area contributed by atoms with Crippen LogP contribution in [0.25, 0.3) is 11.3 Å². The maximum atomic E-state index is 13.4. The molecule has 8 heteroatoms. The molecule has 0 fully saturated rings. The molecule has 0 spiro atoms. The van der Waals surface area contributed by atoms with E-state index in [0.29, 0.717) is 33.8 Å². The minimum atomic E-state index is -0.376. The molecule has 4 aromatic carbocycles. The van der Waals surface area contributed by atoms with E-state index in [1.165, 1.54) is 17.1 Å². The summed E-state index contributed by atoms with van der Waals surface area (Å²) < 4.78 is 19.0. The summed E-state index contributed by atoms with van der Waals surface area (Å²) >= 11 is 12.1. The van der Waals surface area contributed by atoms with Crippen LogP contribution in [-0.4, -0.2) is 17.6 Å². The summed E-state index contributed by atoms with van der Waals surface area (Å²) in [5, 5.41) is 5.66. The van der Waals surface area contributed by atoms with Crippen molar-refractivity contribution in [1.82, 2.24) is 10.4 Å². The van der Waals surface area contributed by atoms with Gasteiger partial charge in [0, 0.05) is 27.4 Å². The van der Waals surface area contributed by atoms with Gasteiger partial charge in [0.15, 0.2) is 0 Å². The summed E-state index contributed by atoms with van der Waals surface area (Å²) in [6, 6.07) is 27.3. The molecular weight excluding hydrogens is 500 g/mol. The number of nitrogens with zero attached hydrogens (tertiary/aromatic N) is 1. The first-order valence-electron chi connectivity index (χ1n) is 11.1. The zero-order valence-electron chi connectivity index (χ0n) is 18.8. The number of ether oxygens (including phenoxy) is 1. The first-order chi connectivity index (χ1) is 17.4. The summed E-state index contributed by atoms with van der Waals surface area (Å²) in [6.07, 6.45) is 0. The largest absolute Gasteiger partial charge is 0.457 e. The number of benzene rings is 4. The molecule has 0 saturated carbocycles. The Morgan fingerprint density at radius 1 is 0.833 bits per heavy atom. The second-order valence-electron chi connectivity index (χ2n) is 8.08. The van der Waals surface area contributed by atoms with E-state index in [2.05, 4.69) is 10.7 Å². The molecular formula is C28H20Cl2FN3O2. The molecule has 0 bridgehead atoms.